The van der Waals surface area contributed by atoms with Crippen molar-refractivity contribution < 1.29 is 22.7 Å². The van der Waals surface area contributed by atoms with E-state index in [1.54, 1.807) is 36.4 Å². The smallest absolute Gasteiger partial charge is 0.339 e. The van der Waals surface area contributed by atoms with Crippen LogP contribution in [0.2, 0.25) is 0 Å². The number of nitrogens with zero attached hydrogens (tertiary/aromatic N) is 2. The van der Waals surface area contributed by atoms with E-state index in [0.29, 0.717) is 5.56 Å². The Bertz CT molecular complexity index is 1240. The molecule has 0 unspecified atom stereocenters. The van der Waals surface area contributed by atoms with Crippen molar-refractivity contribution in [2.45, 2.75) is 11.8 Å². The number of piperazine rings is 1. The maximum absolute atomic E-state index is 12.8. The van der Waals surface area contributed by atoms with Crippen molar-refractivity contribution in [2.75, 3.05) is 32.8 Å². The monoisotopic (exact) mass is 452 g/mol. The number of aryl methyl sites for hydroxylation is 1. The predicted molar refractivity (Wildman–Crippen MR) is 121 cm³/mol. The average molecular weight is 453 g/mol. The molecule has 0 aliphatic carbocycles. The Labute approximate surface area is 187 Å². The fraction of sp³-hybridized carbons (Fsp3) is 0.250. The molecule has 166 valence electrons. The molecule has 1 fully saturated rings. The molecule has 3 aromatic rings. The number of sulfonamides is 1. The fourth-order valence-corrected chi connectivity index (χ4v) is 5.16. The van der Waals surface area contributed by atoms with Gasteiger partial charge >= 0.3 is 5.97 Å². The van der Waals surface area contributed by atoms with Crippen LogP contribution in [0.15, 0.2) is 71.6 Å². The SMILES string of the molecule is Cc1ccc(S(=O)(=O)N2CCN(C(=O)COC(=O)c3cccc4ccccc34)CC2)cc1. The first-order valence-electron chi connectivity index (χ1n) is 10.4. The van der Waals surface area contributed by atoms with Crippen LogP contribution in [-0.4, -0.2) is 62.3 Å². The average Bonchev–Trinajstić information content (AvgIpc) is 2.82. The third-order valence-corrected chi connectivity index (χ3v) is 7.50. The number of ether oxygens (including phenoxy) is 1. The molecule has 1 aliphatic heterocycles. The maximum Gasteiger partial charge on any atom is 0.339 e. The molecule has 0 bridgehead atoms. The van der Waals surface area contributed by atoms with Crippen LogP contribution < -0.4 is 0 Å². The number of carbonyl (C=O) groups is 2. The first-order valence-corrected chi connectivity index (χ1v) is 11.8. The highest BCUT2D eigenvalue weighted by Crippen LogP contribution is 2.20. The molecule has 1 saturated heterocycles. The van der Waals surface area contributed by atoms with Crippen LogP contribution in [0.25, 0.3) is 10.8 Å². The van der Waals surface area contributed by atoms with E-state index < -0.39 is 16.0 Å². The summed E-state index contributed by atoms with van der Waals surface area (Å²) in [5.74, 6) is -0.901. The summed E-state index contributed by atoms with van der Waals surface area (Å²) >= 11 is 0. The lowest BCUT2D eigenvalue weighted by Crippen LogP contribution is -2.51. The summed E-state index contributed by atoms with van der Waals surface area (Å²) in [6.07, 6.45) is 0. The predicted octanol–water partition coefficient (Wildman–Crippen LogP) is 2.84. The number of carbonyl (C=O) groups excluding carboxylic acids is 2. The number of rotatable bonds is 5. The van der Waals surface area contributed by atoms with Crippen molar-refractivity contribution in [2.24, 2.45) is 0 Å². The van der Waals surface area contributed by atoms with Crippen LogP contribution in [0.3, 0.4) is 0 Å². The Balaban J connectivity index is 1.34. The van der Waals surface area contributed by atoms with Crippen molar-refractivity contribution in [3.63, 3.8) is 0 Å². The molecule has 0 radical (unpaired) electrons. The van der Waals surface area contributed by atoms with Gasteiger partial charge < -0.3 is 9.64 Å². The second kappa shape index (κ2) is 9.10. The molecule has 1 heterocycles. The van der Waals surface area contributed by atoms with Gasteiger partial charge in [-0.1, -0.05) is 54.1 Å². The molecule has 4 rings (SSSR count). The lowest BCUT2D eigenvalue weighted by atomic mass is 10.1. The zero-order valence-corrected chi connectivity index (χ0v) is 18.5. The van der Waals surface area contributed by atoms with Gasteiger partial charge in [0, 0.05) is 26.2 Å². The van der Waals surface area contributed by atoms with Gasteiger partial charge in [-0.15, -0.1) is 0 Å². The van der Waals surface area contributed by atoms with Crippen LogP contribution in [0.5, 0.6) is 0 Å². The topological polar surface area (TPSA) is 84.0 Å². The van der Waals surface area contributed by atoms with E-state index >= 15 is 0 Å². The Kier molecular flexibility index (Phi) is 6.25. The molecule has 0 aromatic heterocycles. The minimum atomic E-state index is -3.60. The van der Waals surface area contributed by atoms with Gasteiger partial charge in [0.1, 0.15) is 0 Å². The molecule has 32 heavy (non-hydrogen) atoms. The lowest BCUT2D eigenvalue weighted by Gasteiger charge is -2.33. The van der Waals surface area contributed by atoms with Crippen LogP contribution >= 0.6 is 0 Å². The summed E-state index contributed by atoms with van der Waals surface area (Å²) in [6.45, 7) is 2.39. The summed E-state index contributed by atoms with van der Waals surface area (Å²) in [5, 5.41) is 1.68. The third-order valence-electron chi connectivity index (χ3n) is 5.59. The minimum Gasteiger partial charge on any atom is -0.452 e. The molecular weight excluding hydrogens is 428 g/mol. The quantitative estimate of drug-likeness (QED) is 0.556. The Hall–Kier alpha value is -3.23. The normalized spacial score (nSPS) is 15.0. The minimum absolute atomic E-state index is 0.194. The number of fused-ring (bicyclic) bond motifs is 1. The zero-order valence-electron chi connectivity index (χ0n) is 17.7. The van der Waals surface area contributed by atoms with Crippen LogP contribution in [-0.2, 0) is 19.6 Å². The summed E-state index contributed by atoms with van der Waals surface area (Å²) in [4.78, 5) is 26.8. The molecule has 1 aliphatic rings. The summed E-state index contributed by atoms with van der Waals surface area (Å²) in [7, 11) is -3.60. The van der Waals surface area contributed by atoms with Crippen LogP contribution in [0.1, 0.15) is 15.9 Å². The molecule has 0 atom stereocenters. The van der Waals surface area contributed by atoms with Crippen molar-refractivity contribution in [3.05, 3.63) is 77.9 Å². The van der Waals surface area contributed by atoms with Crippen molar-refractivity contribution >= 4 is 32.7 Å². The summed E-state index contributed by atoms with van der Waals surface area (Å²) in [6, 6.07) is 19.5. The van der Waals surface area contributed by atoms with Gasteiger partial charge in [-0.3, -0.25) is 4.79 Å². The van der Waals surface area contributed by atoms with Crippen molar-refractivity contribution in [1.82, 2.24) is 9.21 Å². The highest BCUT2D eigenvalue weighted by molar-refractivity contribution is 7.89. The highest BCUT2D eigenvalue weighted by Gasteiger charge is 2.30. The van der Waals surface area contributed by atoms with E-state index in [1.165, 1.54) is 9.21 Å². The first kappa shape index (κ1) is 22.0. The molecule has 7 nitrogen and oxygen atoms in total. The van der Waals surface area contributed by atoms with E-state index in [9.17, 15) is 18.0 Å². The zero-order chi connectivity index (χ0) is 22.7. The summed E-state index contributed by atoms with van der Waals surface area (Å²) in [5.41, 5.74) is 1.39. The van der Waals surface area contributed by atoms with E-state index in [4.69, 9.17) is 4.74 Å². The van der Waals surface area contributed by atoms with E-state index in [1.807, 2.05) is 37.3 Å². The molecular formula is C24H24N2O5S. The van der Waals surface area contributed by atoms with Crippen LogP contribution in [0.4, 0.5) is 0 Å². The second-order valence-electron chi connectivity index (χ2n) is 7.70. The second-order valence-corrected chi connectivity index (χ2v) is 9.64. The fourth-order valence-electron chi connectivity index (χ4n) is 3.74. The van der Waals surface area contributed by atoms with Crippen molar-refractivity contribution in [1.29, 1.82) is 0 Å². The third kappa shape index (κ3) is 4.51. The Morgan fingerprint density at radius 1 is 0.875 bits per heavy atom. The maximum atomic E-state index is 12.8. The number of esters is 1. The number of amides is 1. The molecule has 8 heteroatoms. The molecule has 0 N–H and O–H groups in total. The molecule has 1 amide bonds. The first-order chi connectivity index (χ1) is 15.4. The molecule has 0 spiro atoms. The van der Waals surface area contributed by atoms with Gasteiger partial charge in [-0.25, -0.2) is 13.2 Å². The van der Waals surface area contributed by atoms with Crippen molar-refractivity contribution in [3.8, 4) is 0 Å². The van der Waals surface area contributed by atoms with E-state index in [2.05, 4.69) is 0 Å². The molecule has 0 saturated carbocycles. The van der Waals surface area contributed by atoms with Crippen LogP contribution in [0, 0.1) is 6.92 Å². The summed E-state index contributed by atoms with van der Waals surface area (Å²) < 4.78 is 32.3. The largest absolute Gasteiger partial charge is 0.452 e. The van der Waals surface area contributed by atoms with Gasteiger partial charge in [0.15, 0.2) is 6.61 Å². The van der Waals surface area contributed by atoms with Gasteiger partial charge in [0.25, 0.3) is 5.91 Å². The standard InChI is InChI=1S/C24H24N2O5S/c1-18-9-11-20(12-10-18)32(29,30)26-15-13-25(14-16-26)23(27)17-31-24(28)22-8-4-6-19-5-2-3-7-21(19)22/h2-12H,13-17H2,1H3. The highest BCUT2D eigenvalue weighted by atomic mass is 32.2. The lowest BCUT2D eigenvalue weighted by molar-refractivity contribution is -0.135. The number of benzene rings is 3. The Morgan fingerprint density at radius 2 is 1.53 bits per heavy atom. The van der Waals surface area contributed by atoms with Gasteiger partial charge in [0.2, 0.25) is 10.0 Å². The van der Waals surface area contributed by atoms with Gasteiger partial charge in [-0.2, -0.15) is 4.31 Å². The molecule has 3 aromatic carbocycles. The number of hydrogen-bond acceptors (Lipinski definition) is 5. The van der Waals surface area contributed by atoms with Gasteiger partial charge in [-0.05, 0) is 35.9 Å². The van der Waals surface area contributed by atoms with E-state index in [0.717, 1.165) is 16.3 Å². The van der Waals surface area contributed by atoms with E-state index in [-0.39, 0.29) is 43.6 Å². The Morgan fingerprint density at radius 3 is 2.25 bits per heavy atom. The number of hydrogen-bond donors (Lipinski definition) is 0. The van der Waals surface area contributed by atoms with Gasteiger partial charge in [0.05, 0.1) is 10.5 Å².